The van der Waals surface area contributed by atoms with E-state index in [4.69, 9.17) is 14.2 Å². The summed E-state index contributed by atoms with van der Waals surface area (Å²) in [6.45, 7) is 3.53. The van der Waals surface area contributed by atoms with Crippen molar-refractivity contribution in [1.82, 2.24) is 9.78 Å². The quantitative estimate of drug-likeness (QED) is 0.779. The van der Waals surface area contributed by atoms with Gasteiger partial charge in [0, 0.05) is 12.4 Å². The average Bonchev–Trinajstić information content (AvgIpc) is 2.97. The van der Waals surface area contributed by atoms with Gasteiger partial charge in [-0.2, -0.15) is 10.4 Å². The van der Waals surface area contributed by atoms with Crippen molar-refractivity contribution >= 4 is 0 Å². The Kier molecular flexibility index (Phi) is 2.66. The van der Waals surface area contributed by atoms with E-state index in [-0.39, 0.29) is 6.61 Å². The van der Waals surface area contributed by atoms with E-state index in [0.717, 1.165) is 0 Å². The highest BCUT2D eigenvalue weighted by molar-refractivity contribution is 5.16. The maximum absolute atomic E-state index is 10.4. The van der Waals surface area contributed by atoms with Crippen LogP contribution < -0.4 is 0 Å². The van der Waals surface area contributed by atoms with Gasteiger partial charge in [-0.1, -0.05) is 0 Å². The standard InChI is InChI=1S/C12H15N3O4/c1-11(2)17-7-12(6-13)9(18-11)8(16)10(19-12)15-5-3-4-14-15/h3-5,8-10,16H,7H2,1-2H3/t8-,9+,10?,12?/m1/s1. The summed E-state index contributed by atoms with van der Waals surface area (Å²) in [5.74, 6) is -0.853. The molecule has 2 unspecified atom stereocenters. The van der Waals surface area contributed by atoms with Crippen LogP contribution in [0, 0.1) is 11.3 Å². The summed E-state index contributed by atoms with van der Waals surface area (Å²) in [5.41, 5.74) is -1.30. The van der Waals surface area contributed by atoms with Crippen molar-refractivity contribution in [3.05, 3.63) is 18.5 Å². The van der Waals surface area contributed by atoms with Gasteiger partial charge in [-0.25, -0.2) is 4.68 Å². The van der Waals surface area contributed by atoms with Crippen molar-refractivity contribution in [2.75, 3.05) is 6.61 Å². The fraction of sp³-hybridized carbons (Fsp3) is 0.667. The Morgan fingerprint density at radius 2 is 2.26 bits per heavy atom. The molecule has 3 rings (SSSR count). The molecule has 0 amide bonds. The summed E-state index contributed by atoms with van der Waals surface area (Å²) in [6, 6.07) is 3.79. The maximum atomic E-state index is 10.4. The van der Waals surface area contributed by atoms with Crippen LogP contribution in [0.1, 0.15) is 20.1 Å². The molecule has 19 heavy (non-hydrogen) atoms. The van der Waals surface area contributed by atoms with Crippen LogP contribution in [0.2, 0.25) is 0 Å². The average molecular weight is 265 g/mol. The van der Waals surface area contributed by atoms with Crippen LogP contribution in [0.4, 0.5) is 0 Å². The van der Waals surface area contributed by atoms with Crippen LogP contribution in [-0.2, 0) is 14.2 Å². The molecular formula is C12H15N3O4. The van der Waals surface area contributed by atoms with Crippen LogP contribution in [0.5, 0.6) is 0 Å². The van der Waals surface area contributed by atoms with Gasteiger partial charge >= 0.3 is 0 Å². The van der Waals surface area contributed by atoms with Gasteiger partial charge in [-0.3, -0.25) is 0 Å². The molecule has 102 valence electrons. The number of aliphatic hydroxyl groups is 1. The van der Waals surface area contributed by atoms with Crippen molar-refractivity contribution in [3.63, 3.8) is 0 Å². The number of fused-ring (bicyclic) bond motifs is 1. The first-order valence-corrected chi connectivity index (χ1v) is 6.05. The highest BCUT2D eigenvalue weighted by Crippen LogP contribution is 2.43. The van der Waals surface area contributed by atoms with Gasteiger partial charge in [0.25, 0.3) is 0 Å². The lowest BCUT2D eigenvalue weighted by Gasteiger charge is -2.41. The summed E-state index contributed by atoms with van der Waals surface area (Å²) in [5, 5.41) is 23.8. The van der Waals surface area contributed by atoms with Crippen molar-refractivity contribution in [1.29, 1.82) is 5.26 Å². The van der Waals surface area contributed by atoms with Gasteiger partial charge < -0.3 is 19.3 Å². The minimum absolute atomic E-state index is 0.0516. The summed E-state index contributed by atoms with van der Waals surface area (Å²) < 4.78 is 18.3. The number of aliphatic hydroxyl groups excluding tert-OH is 1. The van der Waals surface area contributed by atoms with E-state index in [9.17, 15) is 10.4 Å². The van der Waals surface area contributed by atoms with E-state index in [1.54, 1.807) is 32.3 Å². The van der Waals surface area contributed by atoms with Gasteiger partial charge in [-0.15, -0.1) is 0 Å². The van der Waals surface area contributed by atoms with E-state index in [1.165, 1.54) is 4.68 Å². The van der Waals surface area contributed by atoms with Crippen molar-refractivity contribution in [3.8, 4) is 6.07 Å². The minimum atomic E-state index is -1.30. The molecule has 2 aliphatic heterocycles. The molecule has 2 aliphatic rings. The zero-order chi connectivity index (χ0) is 13.7. The predicted molar refractivity (Wildman–Crippen MR) is 61.6 cm³/mol. The second kappa shape index (κ2) is 4.02. The van der Waals surface area contributed by atoms with E-state index in [0.29, 0.717) is 0 Å². The first kappa shape index (κ1) is 12.6. The van der Waals surface area contributed by atoms with Crippen LogP contribution in [-0.4, -0.2) is 45.1 Å². The van der Waals surface area contributed by atoms with Crippen LogP contribution in [0.3, 0.4) is 0 Å². The third kappa shape index (κ3) is 1.84. The molecule has 0 aromatic carbocycles. The molecule has 1 N–H and O–H groups in total. The van der Waals surface area contributed by atoms with Gasteiger partial charge in [0.1, 0.15) is 18.3 Å². The smallest absolute Gasteiger partial charge is 0.208 e. The Labute approximate surface area is 110 Å². The topological polar surface area (TPSA) is 89.5 Å². The Bertz CT molecular complexity index is 510. The molecule has 1 aromatic rings. The van der Waals surface area contributed by atoms with Gasteiger partial charge in [0.15, 0.2) is 12.0 Å². The molecular weight excluding hydrogens is 250 g/mol. The number of ether oxygens (including phenoxy) is 3. The zero-order valence-electron chi connectivity index (χ0n) is 10.7. The maximum Gasteiger partial charge on any atom is 0.208 e. The van der Waals surface area contributed by atoms with Crippen LogP contribution in [0.15, 0.2) is 18.5 Å². The molecule has 0 spiro atoms. The normalized spacial score (nSPS) is 40.6. The van der Waals surface area contributed by atoms with Crippen LogP contribution in [0.25, 0.3) is 0 Å². The number of hydrogen-bond donors (Lipinski definition) is 1. The molecule has 0 bridgehead atoms. The Morgan fingerprint density at radius 3 is 2.89 bits per heavy atom. The Hall–Kier alpha value is -1.46. The minimum Gasteiger partial charge on any atom is -0.385 e. The molecule has 1 aromatic heterocycles. The highest BCUT2D eigenvalue weighted by atomic mass is 16.7. The highest BCUT2D eigenvalue weighted by Gasteiger charge is 2.61. The fourth-order valence-corrected chi connectivity index (χ4v) is 2.44. The van der Waals surface area contributed by atoms with Gasteiger partial charge in [-0.05, 0) is 19.9 Å². The molecule has 7 nitrogen and oxygen atoms in total. The lowest BCUT2D eigenvalue weighted by Crippen LogP contribution is -2.57. The number of nitrogens with zero attached hydrogens (tertiary/aromatic N) is 3. The second-order valence-corrected chi connectivity index (χ2v) is 5.21. The fourth-order valence-electron chi connectivity index (χ4n) is 2.44. The Balaban J connectivity index is 1.94. The summed E-state index contributed by atoms with van der Waals surface area (Å²) in [6.07, 6.45) is 0.746. The van der Waals surface area contributed by atoms with Gasteiger partial charge in [0.2, 0.25) is 5.60 Å². The van der Waals surface area contributed by atoms with E-state index in [2.05, 4.69) is 11.2 Å². The molecule has 0 radical (unpaired) electrons. The largest absolute Gasteiger partial charge is 0.385 e. The lowest BCUT2D eigenvalue weighted by molar-refractivity contribution is -0.316. The predicted octanol–water partition coefficient (Wildman–Crippen LogP) is 0.187. The third-order valence-corrected chi connectivity index (χ3v) is 3.41. The van der Waals surface area contributed by atoms with E-state index >= 15 is 0 Å². The molecule has 7 heteroatoms. The summed E-state index contributed by atoms with van der Waals surface area (Å²) in [4.78, 5) is 0. The molecule has 0 saturated carbocycles. The number of aromatic nitrogens is 2. The Morgan fingerprint density at radius 1 is 1.47 bits per heavy atom. The van der Waals surface area contributed by atoms with Crippen molar-refractivity contribution in [2.45, 2.75) is 43.7 Å². The number of nitriles is 1. The van der Waals surface area contributed by atoms with E-state index < -0.39 is 29.8 Å². The van der Waals surface area contributed by atoms with E-state index in [1.807, 2.05) is 0 Å². The molecule has 3 heterocycles. The monoisotopic (exact) mass is 265 g/mol. The SMILES string of the molecule is CC1(C)OCC2(C#N)OC(n3cccn3)[C@H](O)[C@@H]2O1. The van der Waals surface area contributed by atoms with Crippen molar-refractivity contribution in [2.24, 2.45) is 0 Å². The third-order valence-electron chi connectivity index (χ3n) is 3.41. The first-order chi connectivity index (χ1) is 8.97. The van der Waals surface area contributed by atoms with Gasteiger partial charge in [0.05, 0.1) is 6.61 Å². The zero-order valence-corrected chi connectivity index (χ0v) is 10.7. The van der Waals surface area contributed by atoms with Crippen molar-refractivity contribution < 1.29 is 19.3 Å². The second-order valence-electron chi connectivity index (χ2n) is 5.21. The molecule has 4 atom stereocenters. The molecule has 2 saturated heterocycles. The lowest BCUT2D eigenvalue weighted by atomic mass is 9.95. The first-order valence-electron chi connectivity index (χ1n) is 6.05. The van der Waals surface area contributed by atoms with Crippen LogP contribution >= 0.6 is 0 Å². The number of hydrogen-bond acceptors (Lipinski definition) is 6. The molecule has 2 fully saturated rings. The number of rotatable bonds is 1. The summed E-state index contributed by atoms with van der Waals surface area (Å²) in [7, 11) is 0. The summed E-state index contributed by atoms with van der Waals surface area (Å²) >= 11 is 0. The molecule has 0 aliphatic carbocycles.